The van der Waals surface area contributed by atoms with Crippen LogP contribution in [-0.4, -0.2) is 17.3 Å². The molecule has 0 bridgehead atoms. The van der Waals surface area contributed by atoms with Gasteiger partial charge in [-0.25, -0.2) is 4.39 Å². The molecule has 0 amide bonds. The largest absolute Gasteiger partial charge is 0.385 e. The molecule has 0 saturated heterocycles. The number of aliphatic hydroxyl groups is 1. The van der Waals surface area contributed by atoms with Crippen LogP contribution >= 0.6 is 0 Å². The molecule has 2 nitrogen and oxygen atoms in total. The lowest BCUT2D eigenvalue weighted by molar-refractivity contribution is -0.113. The summed E-state index contributed by atoms with van der Waals surface area (Å²) in [6.45, 7) is 6.19. The second kappa shape index (κ2) is 5.41. The summed E-state index contributed by atoms with van der Waals surface area (Å²) >= 11 is 0. The summed E-state index contributed by atoms with van der Waals surface area (Å²) in [4.78, 5) is 0. The Labute approximate surface area is 96.1 Å². The molecule has 0 heterocycles. The third-order valence-electron chi connectivity index (χ3n) is 2.92. The van der Waals surface area contributed by atoms with Gasteiger partial charge in [0.05, 0.1) is 5.60 Å². The van der Waals surface area contributed by atoms with Gasteiger partial charge in [-0.05, 0) is 38.0 Å². The van der Waals surface area contributed by atoms with E-state index in [2.05, 4.69) is 0 Å². The number of halogens is 1. The van der Waals surface area contributed by atoms with Gasteiger partial charge in [-0.15, -0.1) is 0 Å². The lowest BCUT2D eigenvalue weighted by Gasteiger charge is -2.33. The van der Waals surface area contributed by atoms with Gasteiger partial charge in [-0.1, -0.05) is 19.1 Å². The fourth-order valence-electron chi connectivity index (χ4n) is 1.73. The first-order chi connectivity index (χ1) is 7.53. The number of ether oxygens (including phenoxy) is 1. The number of rotatable bonds is 5. The van der Waals surface area contributed by atoms with E-state index in [-0.39, 0.29) is 5.82 Å². The summed E-state index contributed by atoms with van der Waals surface area (Å²) in [5, 5.41) is 10.2. The van der Waals surface area contributed by atoms with Crippen molar-refractivity contribution in [2.24, 2.45) is 0 Å². The Morgan fingerprint density at radius 1 is 1.44 bits per heavy atom. The monoisotopic (exact) mass is 226 g/mol. The van der Waals surface area contributed by atoms with Crippen molar-refractivity contribution in [3.8, 4) is 0 Å². The van der Waals surface area contributed by atoms with E-state index in [0.717, 1.165) is 0 Å². The van der Waals surface area contributed by atoms with Gasteiger partial charge in [0.2, 0.25) is 0 Å². The van der Waals surface area contributed by atoms with Crippen LogP contribution in [0, 0.1) is 5.82 Å². The van der Waals surface area contributed by atoms with Gasteiger partial charge in [0.1, 0.15) is 11.9 Å². The summed E-state index contributed by atoms with van der Waals surface area (Å²) in [7, 11) is 0. The van der Waals surface area contributed by atoms with Gasteiger partial charge in [0.15, 0.2) is 0 Å². The molecule has 0 aliphatic rings. The van der Waals surface area contributed by atoms with Gasteiger partial charge >= 0.3 is 0 Å². The van der Waals surface area contributed by atoms with E-state index in [1.54, 1.807) is 12.1 Å². The van der Waals surface area contributed by atoms with Gasteiger partial charge in [0.25, 0.3) is 0 Å². The molecule has 2 atom stereocenters. The second-order valence-electron chi connectivity index (χ2n) is 4.06. The van der Waals surface area contributed by atoms with Crippen molar-refractivity contribution in [2.45, 2.75) is 38.9 Å². The molecule has 0 aromatic heterocycles. The Kier molecular flexibility index (Phi) is 4.44. The molecule has 1 aromatic carbocycles. The Hall–Kier alpha value is -0.930. The predicted molar refractivity (Wildman–Crippen MR) is 61.7 cm³/mol. The number of aliphatic hydroxyl groups excluding tert-OH is 1. The van der Waals surface area contributed by atoms with Crippen LogP contribution in [0.3, 0.4) is 0 Å². The highest BCUT2D eigenvalue weighted by Crippen LogP contribution is 2.32. The van der Waals surface area contributed by atoms with Crippen molar-refractivity contribution >= 4 is 0 Å². The van der Waals surface area contributed by atoms with E-state index in [9.17, 15) is 9.50 Å². The zero-order valence-corrected chi connectivity index (χ0v) is 10.0. The molecule has 3 heteroatoms. The Morgan fingerprint density at radius 2 is 2.12 bits per heavy atom. The molecule has 0 saturated carbocycles. The molecular weight excluding hydrogens is 207 g/mol. The highest BCUT2D eigenvalue weighted by Gasteiger charge is 2.33. The third-order valence-corrected chi connectivity index (χ3v) is 2.92. The van der Waals surface area contributed by atoms with Crippen LogP contribution in [0.4, 0.5) is 4.39 Å². The topological polar surface area (TPSA) is 29.5 Å². The smallest absolute Gasteiger partial charge is 0.123 e. The molecule has 2 unspecified atom stereocenters. The summed E-state index contributed by atoms with van der Waals surface area (Å²) in [6, 6.07) is 6.01. The summed E-state index contributed by atoms with van der Waals surface area (Å²) in [6.07, 6.45) is -0.147. The van der Waals surface area contributed by atoms with Crippen molar-refractivity contribution in [1.82, 2.24) is 0 Å². The first-order valence-electron chi connectivity index (χ1n) is 5.61. The van der Waals surface area contributed by atoms with Crippen molar-refractivity contribution < 1.29 is 14.2 Å². The van der Waals surface area contributed by atoms with Gasteiger partial charge in [0, 0.05) is 6.61 Å². The van der Waals surface area contributed by atoms with Crippen LogP contribution in [0.25, 0.3) is 0 Å². The van der Waals surface area contributed by atoms with Gasteiger partial charge in [-0.2, -0.15) is 0 Å². The van der Waals surface area contributed by atoms with Crippen molar-refractivity contribution in [2.75, 3.05) is 6.61 Å². The minimum absolute atomic E-state index is 0.341. The summed E-state index contributed by atoms with van der Waals surface area (Å²) in [5.41, 5.74) is -0.111. The average molecular weight is 226 g/mol. The minimum Gasteiger partial charge on any atom is -0.385 e. The highest BCUT2D eigenvalue weighted by atomic mass is 19.1. The Bertz CT molecular complexity index is 340. The van der Waals surface area contributed by atoms with E-state index in [1.165, 1.54) is 12.1 Å². The molecule has 0 fully saturated rings. The first-order valence-corrected chi connectivity index (χ1v) is 5.61. The van der Waals surface area contributed by atoms with E-state index in [0.29, 0.717) is 18.6 Å². The summed E-state index contributed by atoms with van der Waals surface area (Å²) < 4.78 is 18.6. The number of hydrogen-bond donors (Lipinski definition) is 1. The van der Waals surface area contributed by atoms with Crippen LogP contribution in [0.15, 0.2) is 24.3 Å². The van der Waals surface area contributed by atoms with Crippen molar-refractivity contribution in [3.05, 3.63) is 35.6 Å². The quantitative estimate of drug-likeness (QED) is 0.836. The van der Waals surface area contributed by atoms with Crippen LogP contribution in [0.1, 0.15) is 38.9 Å². The van der Waals surface area contributed by atoms with E-state index in [1.807, 2.05) is 20.8 Å². The third kappa shape index (κ3) is 2.80. The molecule has 1 N–H and O–H groups in total. The van der Waals surface area contributed by atoms with Gasteiger partial charge in [-0.3, -0.25) is 0 Å². The molecule has 1 aromatic rings. The van der Waals surface area contributed by atoms with Crippen molar-refractivity contribution in [1.29, 1.82) is 0 Å². The zero-order valence-electron chi connectivity index (χ0n) is 10.0. The molecule has 90 valence electrons. The summed E-state index contributed by atoms with van der Waals surface area (Å²) in [5.74, 6) is -0.341. The SMILES string of the molecule is CCOC(C)(CC)C(O)c1cccc(F)c1. The van der Waals surface area contributed by atoms with Crippen molar-refractivity contribution in [3.63, 3.8) is 0 Å². The van der Waals surface area contributed by atoms with Crippen LogP contribution in [-0.2, 0) is 4.74 Å². The molecule has 1 rings (SSSR count). The number of hydrogen-bond acceptors (Lipinski definition) is 2. The maximum absolute atomic E-state index is 13.1. The average Bonchev–Trinajstić information content (AvgIpc) is 2.28. The van der Waals surface area contributed by atoms with E-state index in [4.69, 9.17) is 4.74 Å². The lowest BCUT2D eigenvalue weighted by atomic mass is 9.90. The van der Waals surface area contributed by atoms with E-state index < -0.39 is 11.7 Å². The predicted octanol–water partition coefficient (Wildman–Crippen LogP) is 3.06. The lowest BCUT2D eigenvalue weighted by Crippen LogP contribution is -2.35. The molecule has 16 heavy (non-hydrogen) atoms. The van der Waals surface area contributed by atoms with Gasteiger partial charge < -0.3 is 9.84 Å². The van der Waals surface area contributed by atoms with E-state index >= 15 is 0 Å². The van der Waals surface area contributed by atoms with Crippen LogP contribution in [0.5, 0.6) is 0 Å². The first kappa shape index (κ1) is 13.1. The standard InChI is InChI=1S/C13H19FO2/c1-4-13(3,16-5-2)12(15)10-7-6-8-11(14)9-10/h6-9,12,15H,4-5H2,1-3H3. The van der Waals surface area contributed by atoms with Crippen LogP contribution < -0.4 is 0 Å². The number of benzene rings is 1. The normalized spacial score (nSPS) is 16.8. The molecule has 0 aliphatic carbocycles. The molecule has 0 aliphatic heterocycles. The molecular formula is C13H19FO2. The molecule has 0 spiro atoms. The van der Waals surface area contributed by atoms with Crippen LogP contribution in [0.2, 0.25) is 0 Å². The Balaban J connectivity index is 2.94. The fraction of sp³-hybridized carbons (Fsp3) is 0.538. The highest BCUT2D eigenvalue weighted by molar-refractivity contribution is 5.21. The fourth-order valence-corrected chi connectivity index (χ4v) is 1.73. The maximum atomic E-state index is 13.1. The maximum Gasteiger partial charge on any atom is 0.123 e. The molecule has 0 radical (unpaired) electrons. The zero-order chi connectivity index (χ0) is 12.2. The second-order valence-corrected chi connectivity index (χ2v) is 4.06. The minimum atomic E-state index is -0.812. The Morgan fingerprint density at radius 3 is 2.62 bits per heavy atom.